The normalized spacial score (nSPS) is 15.8. The Morgan fingerprint density at radius 2 is 0.918 bits per heavy atom. The molecule has 3 nitrogen and oxygen atoms in total. The van der Waals surface area contributed by atoms with Crippen molar-refractivity contribution in [3.8, 4) is 0 Å². The summed E-state index contributed by atoms with van der Waals surface area (Å²) in [6.45, 7) is 14.2. The Morgan fingerprint density at radius 3 is 1.55 bits per heavy atom. The summed E-state index contributed by atoms with van der Waals surface area (Å²) >= 11 is 0. The Labute approximate surface area is 434 Å². The zero-order chi connectivity index (χ0) is 49.6. The Kier molecular flexibility index (Phi) is 10.9. The van der Waals surface area contributed by atoms with Gasteiger partial charge in [-0.1, -0.05) is 212 Å². The van der Waals surface area contributed by atoms with Crippen LogP contribution < -0.4 is 51.8 Å². The van der Waals surface area contributed by atoms with E-state index in [0.717, 1.165) is 5.69 Å². The van der Waals surface area contributed by atoms with Gasteiger partial charge in [0.15, 0.2) is 8.07 Å². The summed E-state index contributed by atoms with van der Waals surface area (Å²) in [7, 11) is -2.96. The molecule has 358 valence electrons. The van der Waals surface area contributed by atoms with Gasteiger partial charge in [-0.2, -0.15) is 0 Å². The molecule has 73 heavy (non-hydrogen) atoms. The van der Waals surface area contributed by atoms with Crippen LogP contribution in [0.3, 0.4) is 0 Å². The maximum atomic E-state index is 2.72. The monoisotopic (exact) mass is 961 g/mol. The van der Waals surface area contributed by atoms with Gasteiger partial charge in [0.2, 0.25) is 0 Å². The van der Waals surface area contributed by atoms with Crippen molar-refractivity contribution in [1.82, 2.24) is 0 Å². The zero-order valence-corrected chi connectivity index (χ0v) is 44.2. The Balaban J connectivity index is 1.17. The fourth-order valence-electron chi connectivity index (χ4n) is 13.2. The molecule has 3 aliphatic heterocycles. The fraction of sp³-hybridized carbons (Fsp3) is 0.206. The van der Waals surface area contributed by atoms with Crippen molar-refractivity contribution in [3.63, 3.8) is 0 Å². The van der Waals surface area contributed by atoms with E-state index >= 15 is 0 Å². The van der Waals surface area contributed by atoms with Crippen molar-refractivity contribution in [2.45, 2.75) is 90.4 Å². The van der Waals surface area contributed by atoms with E-state index in [4.69, 9.17) is 0 Å². The van der Waals surface area contributed by atoms with Crippen molar-refractivity contribution in [3.05, 3.63) is 229 Å². The highest BCUT2D eigenvalue weighted by Gasteiger charge is 2.51. The van der Waals surface area contributed by atoms with E-state index < -0.39 is 8.07 Å². The largest absolute Gasteiger partial charge is 0.311 e. The van der Waals surface area contributed by atoms with E-state index in [2.05, 4.69) is 269 Å². The summed E-state index contributed by atoms with van der Waals surface area (Å²) in [6, 6.07) is 82.2. The quantitative estimate of drug-likeness (QED) is 0.154. The molecule has 0 spiro atoms. The molecule has 1 aliphatic carbocycles. The molecule has 0 radical (unpaired) electrons. The van der Waals surface area contributed by atoms with Crippen LogP contribution in [0.1, 0.15) is 96.3 Å². The minimum absolute atomic E-state index is 0.0465. The number of hydrogen-bond donors (Lipinski definition) is 0. The van der Waals surface area contributed by atoms with E-state index in [-0.39, 0.29) is 17.5 Å². The Hall–Kier alpha value is -7.34. The first-order valence-electron chi connectivity index (χ1n) is 26.8. The highest BCUT2D eigenvalue weighted by atomic mass is 28.3. The van der Waals surface area contributed by atoms with Gasteiger partial charge in [0, 0.05) is 39.8 Å². The van der Waals surface area contributed by atoms with E-state index in [9.17, 15) is 0 Å². The van der Waals surface area contributed by atoms with Crippen LogP contribution in [0.15, 0.2) is 212 Å². The molecule has 0 aromatic heterocycles. The molecule has 1 saturated carbocycles. The highest BCUT2D eigenvalue weighted by molar-refractivity contribution is 7.21. The van der Waals surface area contributed by atoms with Gasteiger partial charge >= 0.3 is 0 Å². The first kappa shape index (κ1) is 45.5. The lowest BCUT2D eigenvalue weighted by Gasteiger charge is -2.49. The highest BCUT2D eigenvalue weighted by Crippen LogP contribution is 2.51. The lowest BCUT2D eigenvalue weighted by Crippen LogP contribution is -2.77. The van der Waals surface area contributed by atoms with Crippen LogP contribution in [-0.4, -0.2) is 14.8 Å². The third kappa shape index (κ3) is 7.21. The predicted octanol–water partition coefficient (Wildman–Crippen LogP) is 13.6. The van der Waals surface area contributed by atoms with Crippen LogP contribution >= 0.6 is 0 Å². The number of benzene rings is 9. The summed E-state index contributed by atoms with van der Waals surface area (Å²) in [5, 5.41) is 5.74. The molecule has 9 aromatic rings. The molecule has 9 aromatic carbocycles. The second kappa shape index (κ2) is 17.4. The first-order chi connectivity index (χ1) is 35.5. The topological polar surface area (TPSA) is 9.72 Å². The summed E-state index contributed by atoms with van der Waals surface area (Å²) in [5.41, 5.74) is 19.0. The van der Waals surface area contributed by atoms with Crippen molar-refractivity contribution >= 4 is 103 Å². The number of anilines is 9. The Morgan fingerprint density at radius 1 is 0.397 bits per heavy atom. The molecule has 1 fully saturated rings. The molecular formula is C68H64BN3Si. The third-order valence-corrected chi connectivity index (χ3v) is 21.6. The molecule has 0 atom stereocenters. The van der Waals surface area contributed by atoms with Gasteiger partial charge in [0.1, 0.15) is 0 Å². The number of para-hydroxylation sites is 3. The van der Waals surface area contributed by atoms with Gasteiger partial charge in [0.25, 0.3) is 6.71 Å². The molecule has 3 heterocycles. The van der Waals surface area contributed by atoms with Gasteiger partial charge in [-0.25, -0.2) is 0 Å². The molecule has 0 unspecified atom stereocenters. The molecule has 0 bridgehead atoms. The zero-order valence-electron chi connectivity index (χ0n) is 43.2. The lowest BCUT2D eigenvalue weighted by molar-refractivity contribution is 0.444. The van der Waals surface area contributed by atoms with Gasteiger partial charge in [-0.05, 0) is 144 Å². The number of fused-ring (bicyclic) bond motifs is 6. The number of hydrogen-bond acceptors (Lipinski definition) is 3. The Bertz CT molecular complexity index is 3500. The second-order valence-electron chi connectivity index (χ2n) is 23.1. The molecule has 4 aliphatic rings. The average Bonchev–Trinajstić information content (AvgIpc) is 3.42. The molecule has 0 N–H and O–H groups in total. The lowest BCUT2D eigenvalue weighted by atomic mass is 9.33. The fourth-order valence-corrected chi connectivity index (χ4v) is 18.4. The smallest absolute Gasteiger partial charge is 0.252 e. The second-order valence-corrected chi connectivity index (χ2v) is 26.9. The van der Waals surface area contributed by atoms with Gasteiger partial charge < -0.3 is 14.7 Å². The minimum atomic E-state index is -2.96. The number of rotatable bonds is 6. The SMILES string of the molecule is CC(C)(C)c1ccc2c(c1)B1c3cc(C(C)(C)C)cc(N4c5ccccc5[Si](c5ccccc5)(c5ccccc5)c5cc(C6CCCCC6)ccc54)c3N(c3ccccc3)c3cccc(c31)N2c1ccccc1. The van der Waals surface area contributed by atoms with Gasteiger partial charge in [-0.3, -0.25) is 0 Å². The van der Waals surface area contributed by atoms with E-state index in [1.807, 2.05) is 0 Å². The van der Waals surface area contributed by atoms with Crippen LogP contribution in [-0.2, 0) is 10.8 Å². The van der Waals surface area contributed by atoms with Crippen LogP contribution in [0.2, 0.25) is 0 Å². The molecular weight excluding hydrogens is 898 g/mol. The average molecular weight is 962 g/mol. The van der Waals surface area contributed by atoms with Crippen LogP contribution in [0.4, 0.5) is 51.2 Å². The van der Waals surface area contributed by atoms with Crippen LogP contribution in [0, 0.1) is 0 Å². The standard InChI is InChI=1S/C68H64BN3Si/c1-67(2,3)49-40-42-57-55(44-49)69-56-45-50(68(4,5)6)46-62(66(56)71(52-29-16-9-17-30-52)61-37-24-36-60(65(61)69)70(57)51-27-14-8-15-28-51)72-58-35-22-23-38-63(58)73(53-31-18-10-19-32-53,54-33-20-11-21-34-54)64-43-48(39-41-59(64)72)47-25-12-7-13-26-47/h8-11,14-24,27-47H,7,12-13,25-26H2,1-6H3. The number of nitrogens with zero attached hydrogens (tertiary/aromatic N) is 3. The summed E-state index contributed by atoms with van der Waals surface area (Å²) < 4.78 is 0. The van der Waals surface area contributed by atoms with Crippen molar-refractivity contribution in [2.24, 2.45) is 0 Å². The molecule has 13 rings (SSSR count). The van der Waals surface area contributed by atoms with Crippen LogP contribution in [0.5, 0.6) is 0 Å². The van der Waals surface area contributed by atoms with Crippen molar-refractivity contribution in [1.29, 1.82) is 0 Å². The van der Waals surface area contributed by atoms with E-state index in [0.29, 0.717) is 5.92 Å². The van der Waals surface area contributed by atoms with Crippen molar-refractivity contribution < 1.29 is 0 Å². The summed E-state index contributed by atoms with van der Waals surface area (Å²) in [6.07, 6.45) is 6.43. The third-order valence-electron chi connectivity index (χ3n) is 16.8. The van der Waals surface area contributed by atoms with Crippen LogP contribution in [0.25, 0.3) is 0 Å². The maximum absolute atomic E-state index is 2.96. The summed E-state index contributed by atoms with van der Waals surface area (Å²) in [4.78, 5) is 7.87. The molecule has 0 saturated heterocycles. The molecule has 0 amide bonds. The first-order valence-corrected chi connectivity index (χ1v) is 28.8. The molecule has 5 heteroatoms. The maximum Gasteiger partial charge on any atom is 0.252 e. The van der Waals surface area contributed by atoms with E-state index in [1.165, 1.54) is 131 Å². The minimum Gasteiger partial charge on any atom is -0.311 e. The van der Waals surface area contributed by atoms with Crippen molar-refractivity contribution in [2.75, 3.05) is 14.7 Å². The van der Waals surface area contributed by atoms with Gasteiger partial charge in [-0.15, -0.1) is 0 Å². The predicted molar refractivity (Wildman–Crippen MR) is 316 cm³/mol. The van der Waals surface area contributed by atoms with Gasteiger partial charge in [0.05, 0.1) is 11.4 Å². The summed E-state index contributed by atoms with van der Waals surface area (Å²) in [5.74, 6) is 0.555. The van der Waals surface area contributed by atoms with E-state index in [1.54, 1.807) is 0 Å².